The van der Waals surface area contributed by atoms with Crippen LogP contribution in [0.5, 0.6) is 0 Å². The minimum absolute atomic E-state index is 0.226. The third-order valence-corrected chi connectivity index (χ3v) is 6.31. The number of amides is 1. The fourth-order valence-electron chi connectivity index (χ4n) is 3.88. The monoisotopic (exact) mass is 418 g/mol. The maximum absolute atomic E-state index is 12.9. The predicted octanol–water partition coefficient (Wildman–Crippen LogP) is 3.52. The molecule has 1 fully saturated rings. The molecule has 1 aliphatic heterocycles. The van der Waals surface area contributed by atoms with E-state index in [0.29, 0.717) is 23.3 Å². The molecule has 5 rings (SSSR count). The average Bonchev–Trinajstić information content (AvgIpc) is 3.52. The van der Waals surface area contributed by atoms with Crippen LogP contribution in [0.2, 0.25) is 0 Å². The summed E-state index contributed by atoms with van der Waals surface area (Å²) < 4.78 is 1.77. The SMILES string of the molecule is NC[C@@H]1CCN(c2ccccc2NC(=O)c2csc(-n3ncc4ccccc43)n2)C1. The molecule has 0 unspecified atom stereocenters. The van der Waals surface area contributed by atoms with Crippen molar-refractivity contribution in [1.29, 1.82) is 0 Å². The van der Waals surface area contributed by atoms with Gasteiger partial charge in [0.1, 0.15) is 5.69 Å². The van der Waals surface area contributed by atoms with Gasteiger partial charge in [0.2, 0.25) is 5.13 Å². The Bertz CT molecular complexity index is 1200. The van der Waals surface area contributed by atoms with Gasteiger partial charge in [-0.1, -0.05) is 30.3 Å². The molecule has 1 atom stereocenters. The van der Waals surface area contributed by atoms with Gasteiger partial charge < -0.3 is 16.0 Å². The van der Waals surface area contributed by atoms with Crippen molar-refractivity contribution in [3.8, 4) is 5.13 Å². The molecule has 1 saturated heterocycles. The second kappa shape index (κ2) is 7.89. The van der Waals surface area contributed by atoms with Crippen LogP contribution in [-0.2, 0) is 0 Å². The minimum atomic E-state index is -0.226. The number of nitrogens with one attached hydrogen (secondary N) is 1. The number of thiazole rings is 1. The van der Waals surface area contributed by atoms with Crippen LogP contribution in [0, 0.1) is 5.92 Å². The van der Waals surface area contributed by atoms with E-state index in [1.165, 1.54) is 11.3 Å². The molecule has 0 bridgehead atoms. The zero-order chi connectivity index (χ0) is 20.5. The van der Waals surface area contributed by atoms with Crippen molar-refractivity contribution in [1.82, 2.24) is 14.8 Å². The summed E-state index contributed by atoms with van der Waals surface area (Å²) in [6.07, 6.45) is 2.88. The molecule has 0 radical (unpaired) electrons. The van der Waals surface area contributed by atoms with Gasteiger partial charge in [-0.2, -0.15) is 5.10 Å². The topological polar surface area (TPSA) is 89.1 Å². The summed E-state index contributed by atoms with van der Waals surface area (Å²) in [4.78, 5) is 19.7. The quantitative estimate of drug-likeness (QED) is 0.518. The lowest BCUT2D eigenvalue weighted by Gasteiger charge is -2.22. The van der Waals surface area contributed by atoms with E-state index in [-0.39, 0.29) is 5.91 Å². The number of fused-ring (bicyclic) bond motifs is 1. The zero-order valence-electron chi connectivity index (χ0n) is 16.4. The van der Waals surface area contributed by atoms with Crippen LogP contribution >= 0.6 is 11.3 Å². The van der Waals surface area contributed by atoms with Crippen LogP contribution in [0.1, 0.15) is 16.9 Å². The summed E-state index contributed by atoms with van der Waals surface area (Å²) >= 11 is 1.40. The highest BCUT2D eigenvalue weighted by atomic mass is 32.1. The highest BCUT2D eigenvalue weighted by Gasteiger charge is 2.24. The first-order valence-corrected chi connectivity index (χ1v) is 10.8. The van der Waals surface area contributed by atoms with Gasteiger partial charge in [-0.25, -0.2) is 9.67 Å². The van der Waals surface area contributed by atoms with E-state index in [0.717, 1.165) is 41.8 Å². The molecule has 2 aromatic carbocycles. The summed E-state index contributed by atoms with van der Waals surface area (Å²) in [5, 5.41) is 10.9. The first-order chi connectivity index (χ1) is 14.7. The summed E-state index contributed by atoms with van der Waals surface area (Å²) in [7, 11) is 0. The first kappa shape index (κ1) is 18.8. The Morgan fingerprint density at radius 3 is 2.90 bits per heavy atom. The summed E-state index contributed by atoms with van der Waals surface area (Å²) in [5.74, 6) is 0.273. The number of nitrogens with zero attached hydrogens (tertiary/aromatic N) is 4. The number of anilines is 2. The lowest BCUT2D eigenvalue weighted by Crippen LogP contribution is -2.24. The molecule has 7 nitrogen and oxygen atoms in total. The smallest absolute Gasteiger partial charge is 0.275 e. The highest BCUT2D eigenvalue weighted by Crippen LogP contribution is 2.31. The molecule has 0 aliphatic carbocycles. The number of hydrogen-bond acceptors (Lipinski definition) is 6. The number of hydrogen-bond donors (Lipinski definition) is 2. The van der Waals surface area contributed by atoms with Crippen LogP contribution in [0.25, 0.3) is 16.0 Å². The molecule has 152 valence electrons. The third kappa shape index (κ3) is 3.44. The lowest BCUT2D eigenvalue weighted by atomic mass is 10.1. The Hall–Kier alpha value is -3.23. The summed E-state index contributed by atoms with van der Waals surface area (Å²) in [6, 6.07) is 15.8. The second-order valence-electron chi connectivity index (χ2n) is 7.44. The molecule has 1 amide bonds. The first-order valence-electron chi connectivity index (χ1n) is 9.97. The Morgan fingerprint density at radius 1 is 1.20 bits per heavy atom. The van der Waals surface area contributed by atoms with E-state index in [1.807, 2.05) is 48.5 Å². The number of rotatable bonds is 5. The molecule has 1 aliphatic rings. The van der Waals surface area contributed by atoms with Crippen LogP contribution in [0.3, 0.4) is 0 Å². The van der Waals surface area contributed by atoms with Gasteiger partial charge in [0, 0.05) is 23.9 Å². The van der Waals surface area contributed by atoms with Gasteiger partial charge in [-0.15, -0.1) is 11.3 Å². The van der Waals surface area contributed by atoms with Crippen molar-refractivity contribution < 1.29 is 4.79 Å². The molecule has 8 heteroatoms. The Morgan fingerprint density at radius 2 is 2.03 bits per heavy atom. The van der Waals surface area contributed by atoms with Crippen LogP contribution in [0.15, 0.2) is 60.1 Å². The van der Waals surface area contributed by atoms with Crippen molar-refractivity contribution >= 4 is 39.5 Å². The van der Waals surface area contributed by atoms with Crippen molar-refractivity contribution in [3.63, 3.8) is 0 Å². The fourth-order valence-corrected chi connectivity index (χ4v) is 4.65. The van der Waals surface area contributed by atoms with Gasteiger partial charge >= 0.3 is 0 Å². The number of carbonyl (C=O) groups is 1. The van der Waals surface area contributed by atoms with Crippen LogP contribution < -0.4 is 16.0 Å². The van der Waals surface area contributed by atoms with Crippen molar-refractivity contribution in [2.75, 3.05) is 29.9 Å². The van der Waals surface area contributed by atoms with Gasteiger partial charge in [0.25, 0.3) is 5.91 Å². The molecular formula is C22H22N6OS. The maximum atomic E-state index is 12.9. The predicted molar refractivity (Wildman–Crippen MR) is 121 cm³/mol. The maximum Gasteiger partial charge on any atom is 0.275 e. The molecule has 3 N–H and O–H groups in total. The zero-order valence-corrected chi connectivity index (χ0v) is 17.2. The van der Waals surface area contributed by atoms with E-state index in [4.69, 9.17) is 5.73 Å². The van der Waals surface area contributed by atoms with Crippen LogP contribution in [-0.4, -0.2) is 40.3 Å². The number of benzene rings is 2. The number of carbonyl (C=O) groups excluding carboxylic acids is 1. The molecule has 2 aromatic heterocycles. The van der Waals surface area contributed by atoms with Crippen molar-refractivity contribution in [2.45, 2.75) is 6.42 Å². The second-order valence-corrected chi connectivity index (χ2v) is 8.27. The third-order valence-electron chi connectivity index (χ3n) is 5.50. The van der Waals surface area contributed by atoms with Gasteiger partial charge in [-0.05, 0) is 37.1 Å². The van der Waals surface area contributed by atoms with E-state index in [2.05, 4.69) is 20.3 Å². The molecule has 30 heavy (non-hydrogen) atoms. The lowest BCUT2D eigenvalue weighted by molar-refractivity contribution is 0.102. The minimum Gasteiger partial charge on any atom is -0.370 e. The van der Waals surface area contributed by atoms with Gasteiger partial charge in [0.05, 0.1) is 23.1 Å². The van der Waals surface area contributed by atoms with E-state index in [9.17, 15) is 4.79 Å². The number of aromatic nitrogens is 3. The Balaban J connectivity index is 1.37. The van der Waals surface area contributed by atoms with Gasteiger partial charge in [0.15, 0.2) is 0 Å². The standard InChI is InChI=1S/C22H22N6OS/c23-11-15-9-10-27(13-15)20-8-4-2-6-17(20)25-21(29)18-14-30-22(26-18)28-19-7-3-1-5-16(19)12-24-28/h1-8,12,14-15H,9-11,13,23H2,(H,25,29)/t15-/m0/s1. The Labute approximate surface area is 178 Å². The fraction of sp³-hybridized carbons (Fsp3) is 0.227. The molecule has 3 heterocycles. The summed E-state index contributed by atoms with van der Waals surface area (Å²) in [6.45, 7) is 2.55. The van der Waals surface area contributed by atoms with Crippen molar-refractivity contribution in [2.24, 2.45) is 11.7 Å². The average molecular weight is 419 g/mol. The highest BCUT2D eigenvalue weighted by molar-refractivity contribution is 7.12. The molecule has 4 aromatic rings. The molecular weight excluding hydrogens is 396 g/mol. The number of nitrogens with two attached hydrogens (primary N) is 1. The normalized spacial score (nSPS) is 16.3. The summed E-state index contributed by atoms with van der Waals surface area (Å²) in [5.41, 5.74) is 9.00. The van der Waals surface area contributed by atoms with Crippen LogP contribution in [0.4, 0.5) is 11.4 Å². The molecule has 0 spiro atoms. The largest absolute Gasteiger partial charge is 0.370 e. The Kier molecular flexibility index (Phi) is 4.94. The van der Waals surface area contributed by atoms with E-state index < -0.39 is 0 Å². The van der Waals surface area contributed by atoms with E-state index in [1.54, 1.807) is 16.3 Å². The molecule has 0 saturated carbocycles. The van der Waals surface area contributed by atoms with Crippen molar-refractivity contribution in [3.05, 3.63) is 65.8 Å². The van der Waals surface area contributed by atoms with E-state index >= 15 is 0 Å². The number of para-hydroxylation sites is 3. The van der Waals surface area contributed by atoms with Gasteiger partial charge in [-0.3, -0.25) is 4.79 Å².